The van der Waals surface area contributed by atoms with Crippen LogP contribution in [0.5, 0.6) is 0 Å². The van der Waals surface area contributed by atoms with E-state index in [1.807, 2.05) is 0 Å². The van der Waals surface area contributed by atoms with Crippen LogP contribution >= 0.6 is 0 Å². The van der Waals surface area contributed by atoms with E-state index in [-0.39, 0.29) is 6.04 Å². The van der Waals surface area contributed by atoms with Crippen LogP contribution in [0.4, 0.5) is 28.4 Å². The molecule has 7 aromatic carbocycles. The van der Waals surface area contributed by atoms with Gasteiger partial charge in [0.1, 0.15) is 0 Å². The molecule has 238 valence electrons. The molecule has 7 aromatic rings. The molecule has 0 bridgehead atoms. The molecule has 2 nitrogen and oxygen atoms in total. The number of anilines is 5. The third-order valence-electron chi connectivity index (χ3n) is 10.0. The Hall–Kier alpha value is -6.38. The fraction of sp³-hybridized carbons (Fsp3) is 0.0417. The van der Waals surface area contributed by atoms with E-state index in [2.05, 4.69) is 216 Å². The van der Waals surface area contributed by atoms with Gasteiger partial charge in [0.2, 0.25) is 0 Å². The summed E-state index contributed by atoms with van der Waals surface area (Å²) in [6, 6.07) is 66.0. The molecule has 2 aliphatic rings. The van der Waals surface area contributed by atoms with Crippen molar-refractivity contribution >= 4 is 28.4 Å². The highest BCUT2D eigenvalue weighted by Gasteiger charge is 2.37. The molecule has 0 saturated heterocycles. The summed E-state index contributed by atoms with van der Waals surface area (Å²) >= 11 is 0. The van der Waals surface area contributed by atoms with Gasteiger partial charge in [0.15, 0.2) is 0 Å². The zero-order chi connectivity index (χ0) is 33.3. The van der Waals surface area contributed by atoms with E-state index in [1.165, 1.54) is 50.3 Å². The monoisotopic (exact) mass is 640 g/mol. The average Bonchev–Trinajstić information content (AvgIpc) is 3.54. The molecule has 1 aliphatic carbocycles. The van der Waals surface area contributed by atoms with Crippen molar-refractivity contribution in [1.29, 1.82) is 0 Å². The van der Waals surface area contributed by atoms with Gasteiger partial charge >= 0.3 is 0 Å². The van der Waals surface area contributed by atoms with Gasteiger partial charge in [-0.2, -0.15) is 0 Å². The predicted octanol–water partition coefficient (Wildman–Crippen LogP) is 12.9. The van der Waals surface area contributed by atoms with Gasteiger partial charge < -0.3 is 9.80 Å². The predicted molar refractivity (Wildman–Crippen MR) is 211 cm³/mol. The summed E-state index contributed by atoms with van der Waals surface area (Å²) in [7, 11) is 0. The van der Waals surface area contributed by atoms with Crippen LogP contribution in [-0.2, 0) is 0 Å². The highest BCUT2D eigenvalue weighted by molar-refractivity contribution is 5.94. The first-order valence-electron chi connectivity index (χ1n) is 17.4. The molecular formula is C48H36N2. The number of para-hydroxylation sites is 3. The fourth-order valence-electron chi connectivity index (χ4n) is 7.70. The summed E-state index contributed by atoms with van der Waals surface area (Å²) in [5, 5.41) is 0. The Morgan fingerprint density at radius 3 is 1.72 bits per heavy atom. The van der Waals surface area contributed by atoms with Crippen molar-refractivity contribution in [3.8, 4) is 33.4 Å². The molecule has 1 heterocycles. The Kier molecular flexibility index (Phi) is 7.68. The standard InChI is InChI=1S/C48H36N2/c1-3-16-35(17-4-1)36-30-32-39(33-31-36)49(45-26-11-7-22-41(45)37-18-5-2-6-19-37)46-27-12-8-23-42(46)38-20-15-21-40(34-38)50-47-28-13-9-24-43(47)44-25-10-14-29-48(44)50/h1-34,43,47H. The minimum Gasteiger partial charge on any atom is -0.333 e. The van der Waals surface area contributed by atoms with Crippen molar-refractivity contribution in [3.63, 3.8) is 0 Å². The van der Waals surface area contributed by atoms with Crippen molar-refractivity contribution in [2.75, 3.05) is 9.80 Å². The van der Waals surface area contributed by atoms with Crippen molar-refractivity contribution in [1.82, 2.24) is 0 Å². The van der Waals surface area contributed by atoms with Crippen LogP contribution in [0, 0.1) is 0 Å². The third kappa shape index (κ3) is 5.32. The zero-order valence-corrected chi connectivity index (χ0v) is 27.7. The highest BCUT2D eigenvalue weighted by Crippen LogP contribution is 2.49. The SMILES string of the molecule is C1=CC2c3ccccc3N(c3cccc(-c4ccccc4N(c4ccc(-c5ccccc5)cc4)c4ccccc4-c4ccccc4)c3)C2C=C1. The van der Waals surface area contributed by atoms with Gasteiger partial charge in [0.05, 0.1) is 17.4 Å². The van der Waals surface area contributed by atoms with Crippen LogP contribution in [0.25, 0.3) is 33.4 Å². The first-order chi connectivity index (χ1) is 24.8. The molecule has 1 aliphatic heterocycles. The van der Waals surface area contributed by atoms with Crippen molar-refractivity contribution in [3.05, 3.63) is 212 Å². The Morgan fingerprint density at radius 1 is 0.420 bits per heavy atom. The molecule has 2 unspecified atom stereocenters. The lowest BCUT2D eigenvalue weighted by Gasteiger charge is -2.31. The van der Waals surface area contributed by atoms with Gasteiger partial charge in [0.25, 0.3) is 0 Å². The van der Waals surface area contributed by atoms with E-state index in [1.54, 1.807) is 0 Å². The number of hydrogen-bond donors (Lipinski definition) is 0. The van der Waals surface area contributed by atoms with E-state index in [0.29, 0.717) is 5.92 Å². The molecule has 0 spiro atoms. The van der Waals surface area contributed by atoms with Crippen LogP contribution in [0.3, 0.4) is 0 Å². The van der Waals surface area contributed by atoms with Crippen molar-refractivity contribution in [2.45, 2.75) is 12.0 Å². The normalized spacial score (nSPS) is 15.8. The van der Waals surface area contributed by atoms with Gasteiger partial charge in [-0.25, -0.2) is 0 Å². The van der Waals surface area contributed by atoms with Gasteiger partial charge in [-0.15, -0.1) is 0 Å². The maximum atomic E-state index is 2.51. The maximum absolute atomic E-state index is 2.51. The second kappa shape index (κ2) is 12.9. The largest absolute Gasteiger partial charge is 0.333 e. The summed E-state index contributed by atoms with van der Waals surface area (Å²) in [5.41, 5.74) is 14.3. The van der Waals surface area contributed by atoms with E-state index in [0.717, 1.165) is 17.1 Å². The molecule has 2 atom stereocenters. The maximum Gasteiger partial charge on any atom is 0.0629 e. The second-order valence-corrected chi connectivity index (χ2v) is 12.9. The van der Waals surface area contributed by atoms with E-state index in [9.17, 15) is 0 Å². The number of benzene rings is 7. The minimum absolute atomic E-state index is 0.250. The number of allylic oxidation sites excluding steroid dienone is 2. The van der Waals surface area contributed by atoms with Crippen LogP contribution in [-0.4, -0.2) is 6.04 Å². The Balaban J connectivity index is 1.20. The molecule has 9 rings (SSSR count). The molecule has 0 aromatic heterocycles. The van der Waals surface area contributed by atoms with Gasteiger partial charge in [0, 0.05) is 34.1 Å². The first kappa shape index (κ1) is 29.7. The molecule has 0 amide bonds. The minimum atomic E-state index is 0.250. The summed E-state index contributed by atoms with van der Waals surface area (Å²) < 4.78 is 0. The van der Waals surface area contributed by atoms with E-state index >= 15 is 0 Å². The highest BCUT2D eigenvalue weighted by atomic mass is 15.2. The van der Waals surface area contributed by atoms with Gasteiger partial charge in [-0.05, 0) is 70.3 Å². The third-order valence-corrected chi connectivity index (χ3v) is 10.0. The van der Waals surface area contributed by atoms with Crippen LogP contribution in [0.1, 0.15) is 11.5 Å². The molecule has 0 radical (unpaired) electrons. The second-order valence-electron chi connectivity index (χ2n) is 12.9. The number of fused-ring (bicyclic) bond motifs is 3. The summed E-state index contributed by atoms with van der Waals surface area (Å²) in [5.74, 6) is 0.343. The van der Waals surface area contributed by atoms with Gasteiger partial charge in [-0.3, -0.25) is 0 Å². The van der Waals surface area contributed by atoms with E-state index in [4.69, 9.17) is 0 Å². The van der Waals surface area contributed by atoms with Crippen LogP contribution in [0.15, 0.2) is 206 Å². The van der Waals surface area contributed by atoms with E-state index < -0.39 is 0 Å². The lowest BCUT2D eigenvalue weighted by molar-refractivity contribution is 0.745. The molecular weight excluding hydrogens is 605 g/mol. The van der Waals surface area contributed by atoms with Crippen molar-refractivity contribution < 1.29 is 0 Å². The summed E-state index contributed by atoms with van der Waals surface area (Å²) in [4.78, 5) is 4.94. The fourth-order valence-corrected chi connectivity index (χ4v) is 7.70. The molecule has 2 heteroatoms. The molecule has 0 fully saturated rings. The van der Waals surface area contributed by atoms with Gasteiger partial charge in [-0.1, -0.05) is 164 Å². The summed E-state index contributed by atoms with van der Waals surface area (Å²) in [6.45, 7) is 0. The Morgan fingerprint density at radius 2 is 0.980 bits per heavy atom. The van der Waals surface area contributed by atoms with Crippen LogP contribution < -0.4 is 9.80 Å². The zero-order valence-electron chi connectivity index (χ0n) is 27.7. The Labute approximate surface area is 294 Å². The quantitative estimate of drug-likeness (QED) is 0.171. The topological polar surface area (TPSA) is 6.48 Å². The average molecular weight is 641 g/mol. The van der Waals surface area contributed by atoms with Crippen molar-refractivity contribution in [2.24, 2.45) is 0 Å². The molecule has 50 heavy (non-hydrogen) atoms. The lowest BCUT2D eigenvalue weighted by Crippen LogP contribution is -2.28. The number of hydrogen-bond acceptors (Lipinski definition) is 2. The lowest BCUT2D eigenvalue weighted by atomic mass is 9.91. The van der Waals surface area contributed by atoms with Crippen LogP contribution in [0.2, 0.25) is 0 Å². The smallest absolute Gasteiger partial charge is 0.0629 e. The molecule has 0 N–H and O–H groups in total. The molecule has 0 saturated carbocycles. The first-order valence-corrected chi connectivity index (χ1v) is 17.4. The summed E-state index contributed by atoms with van der Waals surface area (Å²) in [6.07, 6.45) is 9.05. The Bertz CT molecular complexity index is 2340. The number of rotatable bonds is 7. The number of nitrogens with zero attached hydrogens (tertiary/aromatic N) is 2.